The van der Waals surface area contributed by atoms with Crippen LogP contribution in [-0.2, 0) is 4.79 Å². The van der Waals surface area contributed by atoms with Gasteiger partial charge in [0.25, 0.3) is 0 Å². The lowest BCUT2D eigenvalue weighted by molar-refractivity contribution is -0.385. The Kier molecular flexibility index (Phi) is 4.01. The molecule has 0 aliphatic carbocycles. The van der Waals surface area contributed by atoms with Crippen molar-refractivity contribution in [3.05, 3.63) is 32.6 Å². The van der Waals surface area contributed by atoms with Crippen molar-refractivity contribution in [3.8, 4) is 11.8 Å². The fraction of sp³-hybridized carbons (Fsp3) is 0.200. The predicted octanol–water partition coefficient (Wildman–Crippen LogP) is 1.18. The van der Waals surface area contributed by atoms with E-state index in [0.717, 1.165) is 0 Å². The molecule has 0 aromatic carbocycles. The van der Waals surface area contributed by atoms with Gasteiger partial charge in [-0.15, -0.1) is 0 Å². The second kappa shape index (κ2) is 5.27. The van der Waals surface area contributed by atoms with Gasteiger partial charge in [0, 0.05) is 11.8 Å². The summed E-state index contributed by atoms with van der Waals surface area (Å²) in [6.45, 7) is 1.51. The number of pyridine rings is 1. The molecule has 1 aromatic heterocycles. The first kappa shape index (κ1) is 12.9. The van der Waals surface area contributed by atoms with Gasteiger partial charge in [0.2, 0.25) is 11.1 Å². The summed E-state index contributed by atoms with van der Waals surface area (Å²) in [5, 5.41) is 10.5. The monoisotopic (exact) mass is 253 g/mol. The van der Waals surface area contributed by atoms with E-state index in [9.17, 15) is 14.9 Å². The lowest BCUT2D eigenvalue weighted by Gasteiger charge is -2.00. The number of nitro groups is 1. The third kappa shape index (κ3) is 3.16. The van der Waals surface area contributed by atoms with Crippen LogP contribution in [-0.4, -0.2) is 15.8 Å². The van der Waals surface area contributed by atoms with Gasteiger partial charge >= 0.3 is 5.69 Å². The molecule has 0 bridgehead atoms. The van der Waals surface area contributed by atoms with Gasteiger partial charge in [-0.1, -0.05) is 23.4 Å². The van der Waals surface area contributed by atoms with E-state index in [4.69, 9.17) is 17.3 Å². The molecular formula is C10H8ClN3O3. The fourth-order valence-corrected chi connectivity index (χ4v) is 1.39. The van der Waals surface area contributed by atoms with Crippen molar-refractivity contribution >= 4 is 23.2 Å². The molecule has 0 saturated heterocycles. The summed E-state index contributed by atoms with van der Waals surface area (Å²) < 4.78 is 0. The largest absolute Gasteiger partial charge is 0.369 e. The molecule has 1 amide bonds. The second-order valence-corrected chi connectivity index (χ2v) is 3.50. The van der Waals surface area contributed by atoms with Crippen LogP contribution >= 0.6 is 11.6 Å². The number of aromatic nitrogens is 1. The standard InChI is InChI=1S/C10H8ClN3O3/c1-6-7(3-2-4-8(12)15)5-13-10(11)9(6)14(16)17/h5H,4H2,1H3,(H2,12,15). The maximum absolute atomic E-state index is 10.7. The lowest BCUT2D eigenvalue weighted by Crippen LogP contribution is -2.08. The van der Waals surface area contributed by atoms with Crippen molar-refractivity contribution in [2.24, 2.45) is 5.73 Å². The minimum Gasteiger partial charge on any atom is -0.369 e. The van der Waals surface area contributed by atoms with E-state index in [1.807, 2.05) is 0 Å². The maximum atomic E-state index is 10.7. The van der Waals surface area contributed by atoms with Gasteiger partial charge < -0.3 is 5.73 Å². The van der Waals surface area contributed by atoms with Crippen LogP contribution in [0, 0.1) is 28.9 Å². The topological polar surface area (TPSA) is 99.1 Å². The van der Waals surface area contributed by atoms with Gasteiger partial charge in [-0.25, -0.2) is 4.98 Å². The molecule has 7 heteroatoms. The quantitative estimate of drug-likeness (QED) is 0.370. The van der Waals surface area contributed by atoms with Crippen LogP contribution in [0.25, 0.3) is 0 Å². The molecule has 0 unspecified atom stereocenters. The van der Waals surface area contributed by atoms with Crippen LogP contribution in [0.2, 0.25) is 5.15 Å². The number of halogens is 1. The molecule has 0 aliphatic rings. The van der Waals surface area contributed by atoms with Gasteiger partial charge in [-0.05, 0) is 6.92 Å². The van der Waals surface area contributed by atoms with E-state index < -0.39 is 10.8 Å². The van der Waals surface area contributed by atoms with Crippen LogP contribution in [0.15, 0.2) is 6.20 Å². The number of primary amides is 1. The number of amides is 1. The molecule has 17 heavy (non-hydrogen) atoms. The summed E-state index contributed by atoms with van der Waals surface area (Å²) in [6, 6.07) is 0. The van der Waals surface area contributed by atoms with E-state index in [1.54, 1.807) is 0 Å². The predicted molar refractivity (Wildman–Crippen MR) is 61.3 cm³/mol. The van der Waals surface area contributed by atoms with Crippen LogP contribution < -0.4 is 5.73 Å². The first-order valence-corrected chi connectivity index (χ1v) is 4.88. The Morgan fingerprint density at radius 3 is 2.88 bits per heavy atom. The smallest absolute Gasteiger partial charge is 0.310 e. The van der Waals surface area contributed by atoms with Gasteiger partial charge in [-0.2, -0.15) is 0 Å². The SMILES string of the molecule is Cc1c(C#CCC(N)=O)cnc(Cl)c1[N+](=O)[O-]. The molecule has 6 nitrogen and oxygen atoms in total. The highest BCUT2D eigenvalue weighted by Gasteiger charge is 2.19. The maximum Gasteiger partial charge on any atom is 0.310 e. The molecule has 0 aliphatic heterocycles. The molecular weight excluding hydrogens is 246 g/mol. The summed E-state index contributed by atoms with van der Waals surface area (Å²) in [6.07, 6.45) is 1.20. The highest BCUT2D eigenvalue weighted by molar-refractivity contribution is 6.31. The first-order chi connectivity index (χ1) is 7.93. The molecule has 1 rings (SSSR count). The van der Waals surface area contributed by atoms with Crippen LogP contribution in [0.3, 0.4) is 0 Å². The Morgan fingerprint density at radius 2 is 2.35 bits per heavy atom. The van der Waals surface area contributed by atoms with Crippen molar-refractivity contribution in [1.82, 2.24) is 4.98 Å². The van der Waals surface area contributed by atoms with Crippen LogP contribution in [0.4, 0.5) is 5.69 Å². The Hall–Kier alpha value is -2.13. The zero-order chi connectivity index (χ0) is 13.0. The minimum atomic E-state index is -0.621. The van der Waals surface area contributed by atoms with Crippen LogP contribution in [0.1, 0.15) is 17.5 Å². The second-order valence-electron chi connectivity index (χ2n) is 3.14. The number of nitrogens with zero attached hydrogens (tertiary/aromatic N) is 2. The van der Waals surface area contributed by atoms with Crippen molar-refractivity contribution in [3.63, 3.8) is 0 Å². The molecule has 0 atom stereocenters. The van der Waals surface area contributed by atoms with E-state index in [-0.39, 0.29) is 17.3 Å². The third-order valence-corrected chi connectivity index (χ3v) is 2.21. The number of carbonyl (C=O) groups is 1. The molecule has 1 aromatic rings. The highest BCUT2D eigenvalue weighted by atomic mass is 35.5. The molecule has 0 saturated carbocycles. The average Bonchev–Trinajstić information content (AvgIpc) is 2.20. The number of nitrogens with two attached hydrogens (primary N) is 1. The molecule has 1 heterocycles. The summed E-state index contributed by atoms with van der Waals surface area (Å²) in [4.78, 5) is 24.3. The summed E-state index contributed by atoms with van der Waals surface area (Å²) in [7, 11) is 0. The molecule has 2 N–H and O–H groups in total. The summed E-state index contributed by atoms with van der Waals surface area (Å²) in [5.74, 6) is 4.52. The normalized spacial score (nSPS) is 9.29. The molecule has 0 spiro atoms. The number of hydrogen-bond acceptors (Lipinski definition) is 4. The number of carbonyl (C=O) groups excluding carboxylic acids is 1. The van der Waals surface area contributed by atoms with Crippen molar-refractivity contribution in [2.45, 2.75) is 13.3 Å². The van der Waals surface area contributed by atoms with Gasteiger partial charge in [0.1, 0.15) is 0 Å². The van der Waals surface area contributed by atoms with Crippen molar-refractivity contribution < 1.29 is 9.72 Å². The Balaban J connectivity index is 3.18. The zero-order valence-electron chi connectivity index (χ0n) is 8.86. The number of rotatable bonds is 2. The molecule has 88 valence electrons. The Morgan fingerprint density at radius 1 is 1.71 bits per heavy atom. The van der Waals surface area contributed by atoms with Gasteiger partial charge in [0.15, 0.2) is 0 Å². The van der Waals surface area contributed by atoms with E-state index in [1.165, 1.54) is 13.1 Å². The third-order valence-electron chi connectivity index (χ3n) is 1.93. The fourth-order valence-electron chi connectivity index (χ4n) is 1.13. The average molecular weight is 254 g/mol. The van der Waals surface area contributed by atoms with E-state index in [2.05, 4.69) is 16.8 Å². The summed E-state index contributed by atoms with van der Waals surface area (Å²) in [5.41, 5.74) is 5.29. The van der Waals surface area contributed by atoms with Crippen LogP contribution in [0.5, 0.6) is 0 Å². The van der Waals surface area contributed by atoms with Gasteiger partial charge in [-0.3, -0.25) is 14.9 Å². The van der Waals surface area contributed by atoms with E-state index in [0.29, 0.717) is 11.1 Å². The summed E-state index contributed by atoms with van der Waals surface area (Å²) >= 11 is 5.61. The molecule has 0 fully saturated rings. The first-order valence-electron chi connectivity index (χ1n) is 4.50. The van der Waals surface area contributed by atoms with Crippen molar-refractivity contribution in [2.75, 3.05) is 0 Å². The Labute approximate surface area is 102 Å². The van der Waals surface area contributed by atoms with E-state index >= 15 is 0 Å². The van der Waals surface area contributed by atoms with Crippen molar-refractivity contribution in [1.29, 1.82) is 0 Å². The minimum absolute atomic E-state index is 0.115. The van der Waals surface area contributed by atoms with Gasteiger partial charge in [0.05, 0.1) is 16.9 Å². The zero-order valence-corrected chi connectivity index (χ0v) is 9.61. The molecule has 0 radical (unpaired) electrons. The Bertz CT molecular complexity index is 546. The lowest BCUT2D eigenvalue weighted by atomic mass is 10.1. The highest BCUT2D eigenvalue weighted by Crippen LogP contribution is 2.27. The number of hydrogen-bond donors (Lipinski definition) is 1.